The van der Waals surface area contributed by atoms with Crippen molar-refractivity contribution in [3.63, 3.8) is 0 Å². The maximum Gasteiger partial charge on any atom is 0.0858 e. The zero-order chi connectivity index (χ0) is 15.8. The Balaban J connectivity index is 2.06. The number of hydrogen-bond donors (Lipinski definition) is 2. The highest BCUT2D eigenvalue weighted by atomic mass is 15.1. The summed E-state index contributed by atoms with van der Waals surface area (Å²) < 4.78 is 0. The van der Waals surface area contributed by atoms with Gasteiger partial charge in [-0.25, -0.2) is 0 Å². The quantitative estimate of drug-likeness (QED) is 0.770. The highest BCUT2D eigenvalue weighted by Gasteiger charge is 2.04. The molecule has 0 fully saturated rings. The highest BCUT2D eigenvalue weighted by Crippen LogP contribution is 2.22. The van der Waals surface area contributed by atoms with Gasteiger partial charge in [0.05, 0.1) is 11.4 Å². The third kappa shape index (κ3) is 4.65. The fourth-order valence-electron chi connectivity index (χ4n) is 2.14. The Kier molecular flexibility index (Phi) is 6.06. The molecule has 5 heteroatoms. The van der Waals surface area contributed by atoms with Crippen LogP contribution in [-0.2, 0) is 0 Å². The minimum absolute atomic E-state index is 0.606. The molecule has 4 N–H and O–H groups in total. The van der Waals surface area contributed by atoms with Gasteiger partial charge in [-0.3, -0.25) is 0 Å². The van der Waals surface area contributed by atoms with Crippen molar-refractivity contribution in [2.75, 3.05) is 31.1 Å². The van der Waals surface area contributed by atoms with E-state index in [0.717, 1.165) is 30.2 Å². The number of anilines is 1. The molecule has 0 unspecified atom stereocenters. The molecule has 0 bridgehead atoms. The van der Waals surface area contributed by atoms with Crippen molar-refractivity contribution in [3.8, 4) is 0 Å². The van der Waals surface area contributed by atoms with Crippen molar-refractivity contribution in [1.29, 1.82) is 0 Å². The lowest BCUT2D eigenvalue weighted by molar-refractivity contribution is 0.782. The van der Waals surface area contributed by atoms with E-state index in [2.05, 4.69) is 15.1 Å². The van der Waals surface area contributed by atoms with Gasteiger partial charge in [0.1, 0.15) is 0 Å². The van der Waals surface area contributed by atoms with Crippen molar-refractivity contribution in [2.24, 2.45) is 21.7 Å². The molecule has 0 saturated heterocycles. The molecule has 2 aromatic rings. The van der Waals surface area contributed by atoms with E-state index in [1.54, 1.807) is 0 Å². The van der Waals surface area contributed by atoms with E-state index < -0.39 is 0 Å². The van der Waals surface area contributed by atoms with Crippen LogP contribution in [0, 0.1) is 6.92 Å². The van der Waals surface area contributed by atoms with Crippen molar-refractivity contribution >= 4 is 17.1 Å². The van der Waals surface area contributed by atoms with Crippen LogP contribution in [0.25, 0.3) is 0 Å². The summed E-state index contributed by atoms with van der Waals surface area (Å²) >= 11 is 0. The molecule has 22 heavy (non-hydrogen) atoms. The first-order valence-corrected chi connectivity index (χ1v) is 7.46. The van der Waals surface area contributed by atoms with Gasteiger partial charge in [0.15, 0.2) is 0 Å². The van der Waals surface area contributed by atoms with Crippen LogP contribution < -0.4 is 16.4 Å². The molecule has 2 rings (SSSR count). The number of nitrogens with zero attached hydrogens (tertiary/aromatic N) is 3. The van der Waals surface area contributed by atoms with E-state index in [-0.39, 0.29) is 0 Å². The van der Waals surface area contributed by atoms with Gasteiger partial charge in [-0.1, -0.05) is 17.7 Å². The second-order valence-corrected chi connectivity index (χ2v) is 5.12. The molecule has 0 aromatic heterocycles. The van der Waals surface area contributed by atoms with E-state index in [1.807, 2.05) is 55.5 Å². The molecule has 0 radical (unpaired) electrons. The summed E-state index contributed by atoms with van der Waals surface area (Å²) in [6.45, 7) is 4.85. The minimum atomic E-state index is 0.606. The number of aryl methyl sites for hydroxylation is 1. The average molecular weight is 297 g/mol. The van der Waals surface area contributed by atoms with E-state index in [9.17, 15) is 0 Å². The monoisotopic (exact) mass is 297 g/mol. The lowest BCUT2D eigenvalue weighted by Gasteiger charge is -2.23. The number of rotatable bonds is 7. The molecular weight excluding hydrogens is 274 g/mol. The zero-order valence-corrected chi connectivity index (χ0v) is 12.9. The van der Waals surface area contributed by atoms with Crippen LogP contribution in [0.2, 0.25) is 0 Å². The van der Waals surface area contributed by atoms with Crippen LogP contribution in [0.5, 0.6) is 0 Å². The second-order valence-electron chi connectivity index (χ2n) is 5.12. The normalized spacial score (nSPS) is 11.0. The minimum Gasteiger partial charge on any atom is -0.369 e. The maximum absolute atomic E-state index is 5.63. The molecule has 0 heterocycles. The van der Waals surface area contributed by atoms with Crippen molar-refractivity contribution < 1.29 is 0 Å². The van der Waals surface area contributed by atoms with Gasteiger partial charge in [0, 0.05) is 31.9 Å². The van der Waals surface area contributed by atoms with Crippen molar-refractivity contribution in [3.05, 3.63) is 54.1 Å². The predicted molar refractivity (Wildman–Crippen MR) is 92.1 cm³/mol. The summed E-state index contributed by atoms with van der Waals surface area (Å²) in [5, 5.41) is 8.49. The number of azo groups is 1. The van der Waals surface area contributed by atoms with Gasteiger partial charge in [-0.2, -0.15) is 10.2 Å². The van der Waals surface area contributed by atoms with Gasteiger partial charge in [-0.05, 0) is 43.3 Å². The van der Waals surface area contributed by atoms with Crippen molar-refractivity contribution in [2.45, 2.75) is 6.92 Å². The summed E-state index contributed by atoms with van der Waals surface area (Å²) in [6, 6.07) is 15.9. The third-order valence-corrected chi connectivity index (χ3v) is 3.33. The van der Waals surface area contributed by atoms with E-state index in [4.69, 9.17) is 11.5 Å². The Morgan fingerprint density at radius 2 is 1.23 bits per heavy atom. The van der Waals surface area contributed by atoms with Crippen LogP contribution in [-0.4, -0.2) is 26.2 Å². The Hall–Kier alpha value is -2.24. The van der Waals surface area contributed by atoms with Crippen molar-refractivity contribution in [1.82, 2.24) is 0 Å². The fraction of sp³-hybridized carbons (Fsp3) is 0.294. The first kappa shape index (κ1) is 16.1. The SMILES string of the molecule is Cc1ccc(N=Nc2ccc(N(CCN)CCN)cc2)cc1. The summed E-state index contributed by atoms with van der Waals surface area (Å²) in [7, 11) is 0. The first-order chi connectivity index (χ1) is 10.7. The van der Waals surface area contributed by atoms with Crippen LogP contribution in [0.15, 0.2) is 58.8 Å². The van der Waals surface area contributed by atoms with E-state index in [0.29, 0.717) is 13.1 Å². The summed E-state index contributed by atoms with van der Waals surface area (Å²) in [4.78, 5) is 2.17. The van der Waals surface area contributed by atoms with Gasteiger partial charge in [-0.15, -0.1) is 0 Å². The van der Waals surface area contributed by atoms with Crippen LogP contribution in [0.3, 0.4) is 0 Å². The summed E-state index contributed by atoms with van der Waals surface area (Å²) in [5.41, 5.74) is 15.3. The lowest BCUT2D eigenvalue weighted by Crippen LogP contribution is -2.33. The summed E-state index contributed by atoms with van der Waals surface area (Å²) in [5.74, 6) is 0. The molecule has 5 nitrogen and oxygen atoms in total. The van der Waals surface area contributed by atoms with E-state index >= 15 is 0 Å². The van der Waals surface area contributed by atoms with Gasteiger partial charge in [0.2, 0.25) is 0 Å². The fourth-order valence-corrected chi connectivity index (χ4v) is 2.14. The number of hydrogen-bond acceptors (Lipinski definition) is 5. The number of benzene rings is 2. The summed E-state index contributed by atoms with van der Waals surface area (Å²) in [6.07, 6.45) is 0. The Labute approximate surface area is 131 Å². The molecule has 0 aliphatic rings. The molecular formula is C17H23N5. The highest BCUT2D eigenvalue weighted by molar-refractivity contribution is 5.53. The Bertz CT molecular complexity index is 583. The molecule has 0 atom stereocenters. The standard InChI is InChI=1S/C17H23N5/c1-14-2-4-15(5-3-14)20-21-16-6-8-17(9-7-16)22(12-10-18)13-11-19/h2-9H,10-13,18-19H2,1H3. The largest absolute Gasteiger partial charge is 0.369 e. The molecule has 116 valence electrons. The van der Waals surface area contributed by atoms with Gasteiger partial charge >= 0.3 is 0 Å². The third-order valence-electron chi connectivity index (χ3n) is 3.33. The molecule has 0 amide bonds. The molecule has 0 aliphatic carbocycles. The zero-order valence-electron chi connectivity index (χ0n) is 12.9. The van der Waals surface area contributed by atoms with E-state index in [1.165, 1.54) is 5.56 Å². The molecule has 0 saturated carbocycles. The first-order valence-electron chi connectivity index (χ1n) is 7.46. The average Bonchev–Trinajstić information content (AvgIpc) is 2.55. The van der Waals surface area contributed by atoms with Crippen LogP contribution in [0.4, 0.5) is 17.1 Å². The Morgan fingerprint density at radius 3 is 1.68 bits per heavy atom. The molecule has 0 aliphatic heterocycles. The van der Waals surface area contributed by atoms with Crippen LogP contribution in [0.1, 0.15) is 5.56 Å². The lowest BCUT2D eigenvalue weighted by atomic mass is 10.2. The molecule has 2 aromatic carbocycles. The van der Waals surface area contributed by atoms with Gasteiger partial charge in [0.25, 0.3) is 0 Å². The smallest absolute Gasteiger partial charge is 0.0858 e. The molecule has 0 spiro atoms. The van der Waals surface area contributed by atoms with Gasteiger partial charge < -0.3 is 16.4 Å². The maximum atomic E-state index is 5.63. The predicted octanol–water partition coefficient (Wildman–Crippen LogP) is 3.13. The van der Waals surface area contributed by atoms with Crippen LogP contribution >= 0.6 is 0 Å². The topological polar surface area (TPSA) is 80.0 Å². The Morgan fingerprint density at radius 1 is 0.773 bits per heavy atom. The number of nitrogens with two attached hydrogens (primary N) is 2. The second kappa shape index (κ2) is 8.26.